The Morgan fingerprint density at radius 2 is 1.89 bits per heavy atom. The second kappa shape index (κ2) is 8.80. The summed E-state index contributed by atoms with van der Waals surface area (Å²) >= 11 is 0. The fraction of sp³-hybridized carbons (Fsp3) is 0.364. The third-order valence-corrected chi connectivity index (χ3v) is 5.07. The van der Waals surface area contributed by atoms with Crippen LogP contribution in [0.1, 0.15) is 41.6 Å². The number of unbranched alkanes of at least 4 members (excludes halogenated alkanes) is 1. The largest absolute Gasteiger partial charge is 0.356 e. The summed E-state index contributed by atoms with van der Waals surface area (Å²) < 4.78 is 13.7. The highest BCUT2D eigenvalue weighted by Gasteiger charge is 2.40. The predicted octanol–water partition coefficient (Wildman–Crippen LogP) is 3.60. The van der Waals surface area contributed by atoms with Crippen molar-refractivity contribution in [3.05, 3.63) is 71.5 Å². The minimum Gasteiger partial charge on any atom is -0.356 e. The number of carbonyl (C=O) groups is 2. The highest BCUT2D eigenvalue weighted by atomic mass is 19.1. The summed E-state index contributed by atoms with van der Waals surface area (Å²) in [5.41, 5.74) is 1.36. The Hall–Kier alpha value is -2.69. The highest BCUT2D eigenvalue weighted by Crippen LogP contribution is 2.34. The minimum atomic E-state index is -0.378. The van der Waals surface area contributed by atoms with Crippen molar-refractivity contribution in [1.29, 1.82) is 0 Å². The van der Waals surface area contributed by atoms with Crippen molar-refractivity contribution in [1.82, 2.24) is 10.2 Å². The molecule has 4 nitrogen and oxygen atoms in total. The number of hydrogen-bond acceptors (Lipinski definition) is 2. The van der Waals surface area contributed by atoms with Gasteiger partial charge in [-0.3, -0.25) is 9.59 Å². The molecule has 1 aliphatic rings. The van der Waals surface area contributed by atoms with E-state index in [9.17, 15) is 14.0 Å². The molecule has 5 heteroatoms. The molecule has 0 unspecified atom stereocenters. The van der Waals surface area contributed by atoms with Crippen molar-refractivity contribution in [2.24, 2.45) is 5.92 Å². The number of halogens is 1. The zero-order chi connectivity index (χ0) is 19.2. The Labute approximate surface area is 159 Å². The van der Waals surface area contributed by atoms with Crippen LogP contribution in [0.3, 0.4) is 0 Å². The highest BCUT2D eigenvalue weighted by molar-refractivity contribution is 5.95. The molecule has 2 amide bonds. The maximum absolute atomic E-state index is 13.7. The molecule has 0 aromatic heterocycles. The van der Waals surface area contributed by atoms with E-state index in [4.69, 9.17) is 0 Å². The third-order valence-electron chi connectivity index (χ3n) is 5.07. The van der Waals surface area contributed by atoms with Gasteiger partial charge in [0.15, 0.2) is 0 Å². The number of nitrogens with one attached hydrogen (secondary N) is 1. The summed E-state index contributed by atoms with van der Waals surface area (Å²) in [6.07, 6.45) is 1.91. The van der Waals surface area contributed by atoms with Crippen LogP contribution in [0.2, 0.25) is 0 Å². The zero-order valence-corrected chi connectivity index (χ0v) is 15.5. The lowest BCUT2D eigenvalue weighted by Gasteiger charge is -2.18. The van der Waals surface area contributed by atoms with Crippen LogP contribution in [0.5, 0.6) is 0 Å². The lowest BCUT2D eigenvalue weighted by molar-refractivity contribution is -0.124. The van der Waals surface area contributed by atoms with E-state index in [-0.39, 0.29) is 29.5 Å². The number of likely N-dealkylation sites (tertiary alicyclic amines) is 1. The Kier molecular flexibility index (Phi) is 6.22. The molecule has 27 heavy (non-hydrogen) atoms. The fourth-order valence-electron chi connectivity index (χ4n) is 3.59. The lowest BCUT2D eigenvalue weighted by atomic mass is 9.88. The Balaban J connectivity index is 1.82. The van der Waals surface area contributed by atoms with Crippen LogP contribution >= 0.6 is 0 Å². The van der Waals surface area contributed by atoms with Crippen LogP contribution < -0.4 is 5.32 Å². The number of benzene rings is 2. The molecule has 2 aromatic carbocycles. The van der Waals surface area contributed by atoms with Crippen LogP contribution in [0.15, 0.2) is 54.6 Å². The van der Waals surface area contributed by atoms with Crippen LogP contribution in [0.25, 0.3) is 0 Å². The normalized spacial score (nSPS) is 19.1. The van der Waals surface area contributed by atoms with Crippen molar-refractivity contribution in [3.8, 4) is 0 Å². The number of carbonyl (C=O) groups excluding carboxylic acids is 2. The van der Waals surface area contributed by atoms with Gasteiger partial charge in [0.2, 0.25) is 5.91 Å². The first kappa shape index (κ1) is 19.1. The van der Waals surface area contributed by atoms with Crippen molar-refractivity contribution in [3.63, 3.8) is 0 Å². The van der Waals surface area contributed by atoms with Gasteiger partial charge in [-0.1, -0.05) is 43.7 Å². The molecule has 1 saturated heterocycles. The van der Waals surface area contributed by atoms with E-state index >= 15 is 0 Å². The molecule has 0 spiro atoms. The molecule has 1 N–H and O–H groups in total. The van der Waals surface area contributed by atoms with Crippen molar-refractivity contribution < 1.29 is 14.0 Å². The van der Waals surface area contributed by atoms with Crippen LogP contribution in [-0.2, 0) is 4.79 Å². The minimum absolute atomic E-state index is 0.0685. The molecule has 1 heterocycles. The number of amides is 2. The average Bonchev–Trinajstić information content (AvgIpc) is 3.14. The Bertz CT molecular complexity index is 794. The van der Waals surface area contributed by atoms with E-state index in [0.29, 0.717) is 25.2 Å². The van der Waals surface area contributed by atoms with E-state index in [0.717, 1.165) is 18.4 Å². The van der Waals surface area contributed by atoms with Gasteiger partial charge in [-0.05, 0) is 36.2 Å². The smallest absolute Gasteiger partial charge is 0.253 e. The van der Waals surface area contributed by atoms with E-state index in [2.05, 4.69) is 12.2 Å². The van der Waals surface area contributed by atoms with Crippen LogP contribution in [0, 0.1) is 11.7 Å². The van der Waals surface area contributed by atoms with Gasteiger partial charge in [0.1, 0.15) is 5.82 Å². The first-order valence-electron chi connectivity index (χ1n) is 9.47. The summed E-state index contributed by atoms with van der Waals surface area (Å²) in [4.78, 5) is 27.3. The van der Waals surface area contributed by atoms with Gasteiger partial charge in [0, 0.05) is 31.1 Å². The topological polar surface area (TPSA) is 49.4 Å². The van der Waals surface area contributed by atoms with E-state index in [1.54, 1.807) is 23.1 Å². The first-order chi connectivity index (χ1) is 13.1. The predicted molar refractivity (Wildman–Crippen MR) is 103 cm³/mol. The van der Waals surface area contributed by atoms with Gasteiger partial charge in [0.05, 0.1) is 5.92 Å². The van der Waals surface area contributed by atoms with E-state index < -0.39 is 0 Å². The summed E-state index contributed by atoms with van der Waals surface area (Å²) in [6, 6.07) is 15.4. The van der Waals surface area contributed by atoms with Gasteiger partial charge in [-0.15, -0.1) is 0 Å². The van der Waals surface area contributed by atoms with Gasteiger partial charge < -0.3 is 10.2 Å². The molecule has 2 atom stereocenters. The van der Waals surface area contributed by atoms with Gasteiger partial charge in [0.25, 0.3) is 5.91 Å². The maximum atomic E-state index is 13.7. The lowest BCUT2D eigenvalue weighted by Crippen LogP contribution is -2.36. The number of hydrogen-bond donors (Lipinski definition) is 1. The van der Waals surface area contributed by atoms with Crippen molar-refractivity contribution in [2.45, 2.75) is 25.7 Å². The van der Waals surface area contributed by atoms with Crippen molar-refractivity contribution in [2.75, 3.05) is 19.6 Å². The van der Waals surface area contributed by atoms with E-state index in [1.807, 2.05) is 24.3 Å². The molecule has 0 saturated carbocycles. The monoisotopic (exact) mass is 368 g/mol. The second-order valence-corrected chi connectivity index (χ2v) is 6.99. The maximum Gasteiger partial charge on any atom is 0.253 e. The summed E-state index contributed by atoms with van der Waals surface area (Å²) in [6.45, 7) is 3.43. The molecule has 2 aromatic rings. The van der Waals surface area contributed by atoms with Gasteiger partial charge in [-0.25, -0.2) is 4.39 Å². The van der Waals surface area contributed by atoms with E-state index in [1.165, 1.54) is 12.1 Å². The molecule has 0 radical (unpaired) electrons. The molecule has 1 aliphatic heterocycles. The van der Waals surface area contributed by atoms with Crippen molar-refractivity contribution >= 4 is 11.8 Å². The first-order valence-corrected chi connectivity index (χ1v) is 9.47. The number of nitrogens with zero attached hydrogens (tertiary/aromatic N) is 1. The number of rotatable bonds is 6. The summed E-state index contributed by atoms with van der Waals surface area (Å²) in [7, 11) is 0. The van der Waals surface area contributed by atoms with Gasteiger partial charge in [-0.2, -0.15) is 0 Å². The summed E-state index contributed by atoms with van der Waals surface area (Å²) in [5.74, 6) is -1.08. The fourth-order valence-corrected chi connectivity index (χ4v) is 3.59. The molecule has 0 bridgehead atoms. The Morgan fingerprint density at radius 1 is 1.11 bits per heavy atom. The molecular weight excluding hydrogens is 343 g/mol. The van der Waals surface area contributed by atoms with Gasteiger partial charge >= 0.3 is 0 Å². The zero-order valence-electron chi connectivity index (χ0n) is 15.5. The average molecular weight is 368 g/mol. The summed E-state index contributed by atoms with van der Waals surface area (Å²) in [5, 5.41) is 2.97. The second-order valence-electron chi connectivity index (χ2n) is 6.99. The van der Waals surface area contributed by atoms with Crippen LogP contribution in [0.4, 0.5) is 4.39 Å². The molecule has 3 rings (SSSR count). The molecule has 1 fully saturated rings. The third kappa shape index (κ3) is 4.54. The standard InChI is InChI=1S/C22H25FN2O2/c1-2-3-12-24-21(26)20-15-25(22(27)16-8-5-4-6-9-16)14-19(20)17-10-7-11-18(23)13-17/h4-11,13,19-20H,2-3,12,14-15H2,1H3,(H,24,26)/t19-,20-/m1/s1. The molecule has 142 valence electrons. The molecular formula is C22H25FN2O2. The Morgan fingerprint density at radius 3 is 2.59 bits per heavy atom. The molecule has 0 aliphatic carbocycles. The quantitative estimate of drug-likeness (QED) is 0.792. The van der Waals surface area contributed by atoms with Crippen LogP contribution in [-0.4, -0.2) is 36.3 Å². The SMILES string of the molecule is CCCCNC(=O)[C@@H]1CN(C(=O)c2ccccc2)C[C@@H]1c1cccc(F)c1.